The summed E-state index contributed by atoms with van der Waals surface area (Å²) >= 11 is 11.6. The molecule has 0 N–H and O–H groups in total. The Balaban J connectivity index is 2.23. The van der Waals surface area contributed by atoms with Crippen LogP contribution in [0.5, 0.6) is 0 Å². The van der Waals surface area contributed by atoms with Gasteiger partial charge in [0.25, 0.3) is 10.0 Å². The van der Waals surface area contributed by atoms with Crippen molar-refractivity contribution < 1.29 is 12.8 Å². The van der Waals surface area contributed by atoms with E-state index in [1.54, 1.807) is 30.3 Å². The van der Waals surface area contributed by atoms with Crippen molar-refractivity contribution in [3.8, 4) is 0 Å². The Kier molecular flexibility index (Phi) is 4.75. The van der Waals surface area contributed by atoms with Crippen LogP contribution < -0.4 is 0 Å². The van der Waals surface area contributed by atoms with Crippen LogP contribution in [-0.4, -0.2) is 19.8 Å². The second-order valence-electron chi connectivity index (χ2n) is 4.21. The van der Waals surface area contributed by atoms with E-state index in [4.69, 9.17) is 27.6 Å². The van der Waals surface area contributed by atoms with Gasteiger partial charge in [0.05, 0.1) is 5.88 Å². The van der Waals surface area contributed by atoms with Crippen molar-refractivity contribution in [2.45, 2.75) is 17.5 Å². The summed E-state index contributed by atoms with van der Waals surface area (Å²) in [4.78, 5) is 0. The zero-order valence-electron chi connectivity index (χ0n) is 10.7. The Morgan fingerprint density at radius 3 is 2.50 bits per heavy atom. The molecular weight excluding hydrogens is 321 g/mol. The average molecular weight is 334 g/mol. The van der Waals surface area contributed by atoms with Gasteiger partial charge in [-0.2, -0.15) is 4.31 Å². The van der Waals surface area contributed by atoms with Crippen LogP contribution in [0, 0.1) is 0 Å². The molecule has 0 spiro atoms. The third kappa shape index (κ3) is 3.17. The number of benzene rings is 1. The van der Waals surface area contributed by atoms with Gasteiger partial charge in [-0.05, 0) is 23.8 Å². The van der Waals surface area contributed by atoms with Crippen LogP contribution in [0.3, 0.4) is 0 Å². The van der Waals surface area contributed by atoms with Crippen molar-refractivity contribution in [2.75, 3.05) is 7.05 Å². The van der Waals surface area contributed by atoms with Crippen LogP contribution >= 0.6 is 23.2 Å². The number of hydrogen-bond donors (Lipinski definition) is 0. The molecule has 2 rings (SSSR count). The van der Waals surface area contributed by atoms with Gasteiger partial charge in [0.15, 0.2) is 0 Å². The van der Waals surface area contributed by atoms with Gasteiger partial charge in [-0.1, -0.05) is 29.8 Å². The molecule has 2 aromatic rings. The maximum absolute atomic E-state index is 12.3. The molecule has 0 aliphatic heterocycles. The molecule has 4 nitrogen and oxygen atoms in total. The van der Waals surface area contributed by atoms with Gasteiger partial charge in [-0.25, -0.2) is 8.42 Å². The third-order valence-electron chi connectivity index (χ3n) is 2.78. The SMILES string of the molecule is CN(Cc1ccccc1Cl)S(=O)(=O)c1ccc(CCl)o1. The first kappa shape index (κ1) is 15.4. The van der Waals surface area contributed by atoms with Gasteiger partial charge in [-0.15, -0.1) is 11.6 Å². The fourth-order valence-electron chi connectivity index (χ4n) is 1.67. The first-order valence-corrected chi connectivity index (χ1v) is 8.15. The maximum Gasteiger partial charge on any atom is 0.276 e. The maximum atomic E-state index is 12.3. The summed E-state index contributed by atoms with van der Waals surface area (Å²) in [7, 11) is -2.22. The number of rotatable bonds is 5. The van der Waals surface area contributed by atoms with E-state index in [9.17, 15) is 8.42 Å². The van der Waals surface area contributed by atoms with E-state index >= 15 is 0 Å². The summed E-state index contributed by atoms with van der Waals surface area (Å²) in [5.74, 6) is 0.542. The van der Waals surface area contributed by atoms with Gasteiger partial charge >= 0.3 is 0 Å². The molecule has 0 unspecified atom stereocenters. The number of hydrogen-bond acceptors (Lipinski definition) is 3. The molecule has 0 aliphatic carbocycles. The summed E-state index contributed by atoms with van der Waals surface area (Å²) in [5, 5.41) is 0.401. The van der Waals surface area contributed by atoms with Crippen LogP contribution in [0.25, 0.3) is 0 Å². The minimum atomic E-state index is -3.69. The van der Waals surface area contributed by atoms with Gasteiger partial charge in [0, 0.05) is 18.6 Å². The van der Waals surface area contributed by atoms with Crippen LogP contribution in [0.2, 0.25) is 5.02 Å². The van der Waals surface area contributed by atoms with Crippen molar-refractivity contribution in [3.63, 3.8) is 0 Å². The summed E-state index contributed by atoms with van der Waals surface area (Å²) in [6.07, 6.45) is 0. The highest BCUT2D eigenvalue weighted by atomic mass is 35.5. The van der Waals surface area contributed by atoms with Crippen LogP contribution in [-0.2, 0) is 22.4 Å². The number of halogens is 2. The van der Waals surface area contributed by atoms with Crippen molar-refractivity contribution >= 4 is 33.2 Å². The molecule has 1 heterocycles. The van der Waals surface area contributed by atoms with Crippen molar-refractivity contribution in [2.24, 2.45) is 0 Å². The molecule has 0 bridgehead atoms. The minimum Gasteiger partial charge on any atom is -0.447 e. The highest BCUT2D eigenvalue weighted by Gasteiger charge is 2.25. The first-order chi connectivity index (χ1) is 9.45. The average Bonchev–Trinajstić information content (AvgIpc) is 2.90. The standard InChI is InChI=1S/C13H13Cl2NO3S/c1-16(9-10-4-2-3-5-12(10)15)20(17,18)13-7-6-11(8-14)19-13/h2-7H,8-9H2,1H3. The molecule has 1 aromatic heterocycles. The second kappa shape index (κ2) is 6.18. The van der Waals surface area contributed by atoms with Crippen molar-refractivity contribution in [3.05, 3.63) is 52.7 Å². The zero-order valence-corrected chi connectivity index (χ0v) is 13.0. The monoisotopic (exact) mass is 333 g/mol. The predicted molar refractivity (Wildman–Crippen MR) is 78.4 cm³/mol. The largest absolute Gasteiger partial charge is 0.447 e. The minimum absolute atomic E-state index is 0.122. The van der Waals surface area contributed by atoms with E-state index in [2.05, 4.69) is 0 Å². The van der Waals surface area contributed by atoms with E-state index in [1.807, 2.05) is 0 Å². The lowest BCUT2D eigenvalue weighted by Gasteiger charge is -2.16. The normalized spacial score (nSPS) is 12.0. The third-order valence-corrected chi connectivity index (χ3v) is 5.09. The predicted octanol–water partition coefficient (Wildman–Crippen LogP) is 3.49. The van der Waals surface area contributed by atoms with Crippen LogP contribution in [0.4, 0.5) is 0 Å². The van der Waals surface area contributed by atoms with Gasteiger partial charge in [0.2, 0.25) is 5.09 Å². The molecule has 0 saturated heterocycles. The smallest absolute Gasteiger partial charge is 0.276 e. The molecule has 0 amide bonds. The molecule has 1 aromatic carbocycles. The van der Waals surface area contributed by atoms with E-state index < -0.39 is 10.0 Å². The molecule has 0 saturated carbocycles. The number of sulfonamides is 1. The number of furan rings is 1. The fraction of sp³-hybridized carbons (Fsp3) is 0.231. The van der Waals surface area contributed by atoms with Crippen molar-refractivity contribution in [1.29, 1.82) is 0 Å². The molecular formula is C13H13Cl2NO3S. The Bertz CT molecular complexity index is 697. The van der Waals surface area contributed by atoms with Crippen LogP contribution in [0.1, 0.15) is 11.3 Å². The van der Waals surface area contributed by atoms with Gasteiger partial charge < -0.3 is 4.42 Å². The quantitative estimate of drug-likeness (QED) is 0.787. The lowest BCUT2D eigenvalue weighted by Crippen LogP contribution is -2.26. The Labute approximate surface area is 128 Å². The Hall–Kier alpha value is -1.01. The highest BCUT2D eigenvalue weighted by molar-refractivity contribution is 7.88. The first-order valence-electron chi connectivity index (χ1n) is 5.79. The number of alkyl halides is 1. The summed E-state index contributed by atoms with van der Waals surface area (Å²) in [5.41, 5.74) is 0.726. The van der Waals surface area contributed by atoms with Crippen molar-refractivity contribution in [1.82, 2.24) is 4.31 Å². The van der Waals surface area contributed by atoms with E-state index in [-0.39, 0.29) is 17.5 Å². The second-order valence-corrected chi connectivity index (χ2v) is 6.86. The highest BCUT2D eigenvalue weighted by Crippen LogP contribution is 2.22. The summed E-state index contributed by atoms with van der Waals surface area (Å²) < 4.78 is 31.0. The molecule has 108 valence electrons. The fourth-order valence-corrected chi connectivity index (χ4v) is 3.08. The molecule has 0 fully saturated rings. The molecule has 0 radical (unpaired) electrons. The summed E-state index contributed by atoms with van der Waals surface area (Å²) in [6.45, 7) is 0.166. The van der Waals surface area contributed by atoms with E-state index in [0.29, 0.717) is 10.8 Å². The molecule has 20 heavy (non-hydrogen) atoms. The number of nitrogens with zero attached hydrogens (tertiary/aromatic N) is 1. The lowest BCUT2D eigenvalue weighted by molar-refractivity contribution is 0.393. The van der Waals surface area contributed by atoms with Gasteiger partial charge in [0.1, 0.15) is 5.76 Å². The summed E-state index contributed by atoms with van der Waals surface area (Å²) in [6, 6.07) is 10.0. The Morgan fingerprint density at radius 1 is 1.20 bits per heavy atom. The zero-order chi connectivity index (χ0) is 14.8. The topological polar surface area (TPSA) is 50.5 Å². The lowest BCUT2D eigenvalue weighted by atomic mass is 10.2. The van der Waals surface area contributed by atoms with E-state index in [1.165, 1.54) is 17.4 Å². The molecule has 0 atom stereocenters. The van der Waals surface area contributed by atoms with Gasteiger partial charge in [-0.3, -0.25) is 0 Å². The van der Waals surface area contributed by atoms with Crippen LogP contribution in [0.15, 0.2) is 45.9 Å². The molecule has 0 aliphatic rings. The Morgan fingerprint density at radius 2 is 1.90 bits per heavy atom. The molecule has 7 heteroatoms. The van der Waals surface area contributed by atoms with E-state index in [0.717, 1.165) is 5.56 Å².